The highest BCUT2D eigenvalue weighted by atomic mass is 15.0. The third-order valence-electron chi connectivity index (χ3n) is 12.4. The predicted molar refractivity (Wildman–Crippen MR) is 244 cm³/mol. The lowest BCUT2D eigenvalue weighted by atomic mass is 10.1. The van der Waals surface area contributed by atoms with E-state index in [9.17, 15) is 0 Å². The van der Waals surface area contributed by atoms with Crippen molar-refractivity contribution in [3.63, 3.8) is 0 Å². The van der Waals surface area contributed by atoms with E-state index in [1.165, 1.54) is 98.6 Å². The molecule has 4 nitrogen and oxygen atoms in total. The summed E-state index contributed by atoms with van der Waals surface area (Å²) in [6.07, 6.45) is 0. The molecule has 0 saturated heterocycles. The fourth-order valence-electron chi connectivity index (χ4n) is 10.0. The molecular formula is C54H34N4. The maximum absolute atomic E-state index is 2.45. The second-order valence-electron chi connectivity index (χ2n) is 15.3. The predicted octanol–water partition coefficient (Wildman–Crippen LogP) is 14.1. The van der Waals surface area contributed by atoms with Gasteiger partial charge in [0.2, 0.25) is 0 Å². The number of nitrogens with zero attached hydrogens (tertiary/aromatic N) is 4. The maximum atomic E-state index is 2.45. The summed E-state index contributed by atoms with van der Waals surface area (Å²) >= 11 is 0. The summed E-state index contributed by atoms with van der Waals surface area (Å²) in [5.41, 5.74) is 14.2. The van der Waals surface area contributed by atoms with Crippen LogP contribution in [0.4, 0.5) is 0 Å². The van der Waals surface area contributed by atoms with Crippen molar-refractivity contribution >= 4 is 87.2 Å². The van der Waals surface area contributed by atoms with Gasteiger partial charge in [0.15, 0.2) is 0 Å². The van der Waals surface area contributed by atoms with Gasteiger partial charge in [0.25, 0.3) is 0 Å². The molecule has 0 spiro atoms. The molecule has 9 aromatic carbocycles. The molecule has 270 valence electrons. The standard InChI is InChI=1S/C54H34N4/c1-7-21-43-37(15-1)38-16-2-8-22-44(38)57(43)51-29-13-27-49-53(51)41-19-5-11-25-47(41)55(49)35-31-33-36(34-32-35)56-48-26-12-6-20-42(48)54-50(56)28-14-30-52(54)58-45-23-9-3-17-39(45)40-18-4-10-24-46(40)58/h1-34H. The minimum atomic E-state index is 1.13. The average molecular weight is 739 g/mol. The van der Waals surface area contributed by atoms with E-state index in [2.05, 4.69) is 225 Å². The van der Waals surface area contributed by atoms with Gasteiger partial charge in [-0.3, -0.25) is 0 Å². The van der Waals surface area contributed by atoms with Crippen LogP contribution in [0.3, 0.4) is 0 Å². The summed E-state index contributed by atoms with van der Waals surface area (Å²) in [4.78, 5) is 0. The van der Waals surface area contributed by atoms with E-state index in [4.69, 9.17) is 0 Å². The van der Waals surface area contributed by atoms with Crippen molar-refractivity contribution in [3.05, 3.63) is 206 Å². The Balaban J connectivity index is 1.02. The molecule has 0 aliphatic heterocycles. The zero-order chi connectivity index (χ0) is 37.9. The molecule has 13 aromatic rings. The molecule has 0 fully saturated rings. The second kappa shape index (κ2) is 11.8. The molecule has 4 heteroatoms. The molecule has 4 heterocycles. The zero-order valence-electron chi connectivity index (χ0n) is 31.4. The summed E-state index contributed by atoms with van der Waals surface area (Å²) in [6, 6.07) is 75.4. The van der Waals surface area contributed by atoms with Crippen molar-refractivity contribution in [3.8, 4) is 22.7 Å². The van der Waals surface area contributed by atoms with Crippen LogP contribution >= 0.6 is 0 Å². The molecule has 0 radical (unpaired) electrons. The molecule has 0 aliphatic rings. The van der Waals surface area contributed by atoms with Gasteiger partial charge in [0, 0.05) is 54.5 Å². The molecule has 0 unspecified atom stereocenters. The molecule has 0 aliphatic carbocycles. The molecular weight excluding hydrogens is 705 g/mol. The van der Waals surface area contributed by atoms with Gasteiger partial charge in [0.1, 0.15) is 0 Å². The molecule has 0 saturated carbocycles. The first-order chi connectivity index (χ1) is 28.8. The van der Waals surface area contributed by atoms with E-state index in [1.807, 2.05) is 0 Å². The van der Waals surface area contributed by atoms with Gasteiger partial charge in [-0.05, 0) is 84.9 Å². The average Bonchev–Trinajstić information content (AvgIpc) is 4.02. The van der Waals surface area contributed by atoms with Gasteiger partial charge in [-0.1, -0.05) is 121 Å². The van der Waals surface area contributed by atoms with Crippen molar-refractivity contribution in [1.82, 2.24) is 18.3 Å². The Labute approximate surface area is 333 Å². The Morgan fingerprint density at radius 2 is 0.448 bits per heavy atom. The molecule has 0 bridgehead atoms. The summed E-state index contributed by atoms with van der Waals surface area (Å²) in [7, 11) is 0. The van der Waals surface area contributed by atoms with Crippen molar-refractivity contribution in [1.29, 1.82) is 0 Å². The number of para-hydroxylation sites is 6. The Morgan fingerprint density at radius 1 is 0.190 bits per heavy atom. The van der Waals surface area contributed by atoms with Gasteiger partial charge in [-0.15, -0.1) is 0 Å². The normalized spacial score (nSPS) is 12.1. The Hall–Kier alpha value is -7.82. The van der Waals surface area contributed by atoms with Crippen LogP contribution in [0.25, 0.3) is 110 Å². The van der Waals surface area contributed by atoms with Crippen molar-refractivity contribution in [2.24, 2.45) is 0 Å². The monoisotopic (exact) mass is 738 g/mol. The van der Waals surface area contributed by atoms with Crippen LogP contribution < -0.4 is 0 Å². The molecule has 58 heavy (non-hydrogen) atoms. The Morgan fingerprint density at radius 3 is 0.776 bits per heavy atom. The highest BCUT2D eigenvalue weighted by molar-refractivity contribution is 6.18. The summed E-state index contributed by atoms with van der Waals surface area (Å²) < 4.78 is 9.75. The summed E-state index contributed by atoms with van der Waals surface area (Å²) in [5, 5.41) is 10.0. The van der Waals surface area contributed by atoms with Crippen molar-refractivity contribution in [2.75, 3.05) is 0 Å². The fourth-order valence-corrected chi connectivity index (χ4v) is 10.0. The van der Waals surface area contributed by atoms with Gasteiger partial charge in [-0.25, -0.2) is 0 Å². The van der Waals surface area contributed by atoms with Gasteiger partial charge in [-0.2, -0.15) is 0 Å². The first-order valence-electron chi connectivity index (χ1n) is 20.0. The zero-order valence-corrected chi connectivity index (χ0v) is 31.4. The Bertz CT molecular complexity index is 3440. The number of fused-ring (bicyclic) bond motifs is 12. The quantitative estimate of drug-likeness (QED) is 0.171. The minimum Gasteiger partial charge on any atom is -0.309 e. The van der Waals surface area contributed by atoms with Crippen molar-refractivity contribution < 1.29 is 0 Å². The van der Waals surface area contributed by atoms with E-state index in [0.717, 1.165) is 11.4 Å². The maximum Gasteiger partial charge on any atom is 0.0562 e. The molecule has 13 rings (SSSR count). The topological polar surface area (TPSA) is 19.7 Å². The van der Waals surface area contributed by atoms with Crippen LogP contribution in [0.15, 0.2) is 206 Å². The van der Waals surface area contributed by atoms with Crippen molar-refractivity contribution in [2.45, 2.75) is 0 Å². The third-order valence-corrected chi connectivity index (χ3v) is 12.4. The van der Waals surface area contributed by atoms with Gasteiger partial charge in [0.05, 0.1) is 55.5 Å². The van der Waals surface area contributed by atoms with Crippen LogP contribution in [-0.4, -0.2) is 18.3 Å². The van der Waals surface area contributed by atoms with E-state index in [1.54, 1.807) is 0 Å². The lowest BCUT2D eigenvalue weighted by Gasteiger charge is -2.13. The SMILES string of the molecule is c1ccc2c(c1)c1ccccc1n2-c1cccc2c1c1ccccc1n2-c1ccc(-n2c3ccccc3c3c(-n4c5ccccc5c5ccccc54)cccc32)cc1. The highest BCUT2D eigenvalue weighted by Gasteiger charge is 2.21. The second-order valence-corrected chi connectivity index (χ2v) is 15.3. The van der Waals surface area contributed by atoms with Crippen LogP contribution in [0.2, 0.25) is 0 Å². The van der Waals surface area contributed by atoms with Gasteiger partial charge >= 0.3 is 0 Å². The van der Waals surface area contributed by atoms with Crippen LogP contribution in [-0.2, 0) is 0 Å². The molecule has 4 aromatic heterocycles. The van der Waals surface area contributed by atoms with Crippen LogP contribution in [0.1, 0.15) is 0 Å². The van der Waals surface area contributed by atoms with Gasteiger partial charge < -0.3 is 18.3 Å². The largest absolute Gasteiger partial charge is 0.309 e. The smallest absolute Gasteiger partial charge is 0.0562 e. The third kappa shape index (κ3) is 4.18. The molecule has 0 atom stereocenters. The summed E-state index contributed by atoms with van der Waals surface area (Å²) in [5.74, 6) is 0. The lowest BCUT2D eigenvalue weighted by Crippen LogP contribution is -1.98. The van der Waals surface area contributed by atoms with Crippen LogP contribution in [0, 0.1) is 0 Å². The first kappa shape index (κ1) is 31.4. The summed E-state index contributed by atoms with van der Waals surface area (Å²) in [6.45, 7) is 0. The highest BCUT2D eigenvalue weighted by Crippen LogP contribution is 2.42. The van der Waals surface area contributed by atoms with E-state index in [-0.39, 0.29) is 0 Å². The number of hydrogen-bond acceptors (Lipinski definition) is 0. The molecule has 0 N–H and O–H groups in total. The first-order valence-corrected chi connectivity index (χ1v) is 20.0. The van der Waals surface area contributed by atoms with Crippen LogP contribution in [0.5, 0.6) is 0 Å². The minimum absolute atomic E-state index is 1.13. The number of rotatable bonds is 4. The van der Waals surface area contributed by atoms with E-state index in [0.29, 0.717) is 0 Å². The van der Waals surface area contributed by atoms with E-state index >= 15 is 0 Å². The number of aromatic nitrogens is 4. The fraction of sp³-hybridized carbons (Fsp3) is 0. The Kier molecular flexibility index (Phi) is 6.41. The number of benzene rings is 9. The van der Waals surface area contributed by atoms with E-state index < -0.39 is 0 Å². The lowest BCUT2D eigenvalue weighted by molar-refractivity contribution is 1.14. The number of hydrogen-bond donors (Lipinski definition) is 0. The molecule has 0 amide bonds.